The second kappa shape index (κ2) is 10.2. The summed E-state index contributed by atoms with van der Waals surface area (Å²) in [6.45, 7) is 5.88. The molecule has 0 saturated heterocycles. The van der Waals surface area contributed by atoms with Gasteiger partial charge in [0.25, 0.3) is 0 Å². The van der Waals surface area contributed by atoms with Gasteiger partial charge >= 0.3 is 5.97 Å². The van der Waals surface area contributed by atoms with Crippen molar-refractivity contribution in [2.45, 2.75) is 45.3 Å². The van der Waals surface area contributed by atoms with Crippen LogP contribution in [-0.4, -0.2) is 30.1 Å². The minimum absolute atomic E-state index is 0. The Labute approximate surface area is 121 Å². The standard InChI is InChI=1S/C10H22N4O2.2ClH/c1-10(2,3)16-8(15)7(11)5-4-6-14-9(12)13;;/h7H,4-6,11H2,1-3H3,(H4,12,13,14);2*1H/t7-;;/m1../s1. The highest BCUT2D eigenvalue weighted by atomic mass is 35.5. The van der Waals surface area contributed by atoms with E-state index in [2.05, 4.69) is 4.99 Å². The van der Waals surface area contributed by atoms with Crippen LogP contribution in [0.3, 0.4) is 0 Å². The molecule has 0 saturated carbocycles. The van der Waals surface area contributed by atoms with Crippen LogP contribution in [0.2, 0.25) is 0 Å². The van der Waals surface area contributed by atoms with Gasteiger partial charge in [-0.05, 0) is 33.6 Å². The van der Waals surface area contributed by atoms with E-state index in [-0.39, 0.29) is 30.8 Å². The lowest BCUT2D eigenvalue weighted by molar-refractivity contribution is -0.156. The van der Waals surface area contributed by atoms with Gasteiger partial charge in [-0.15, -0.1) is 24.8 Å². The van der Waals surface area contributed by atoms with E-state index in [1.165, 1.54) is 0 Å². The summed E-state index contributed by atoms with van der Waals surface area (Å²) >= 11 is 0. The average molecular weight is 303 g/mol. The Hall–Kier alpha value is -0.720. The first-order valence-corrected chi connectivity index (χ1v) is 5.26. The zero-order chi connectivity index (χ0) is 12.8. The summed E-state index contributed by atoms with van der Waals surface area (Å²) in [6, 6.07) is -0.617. The molecule has 6 nitrogen and oxygen atoms in total. The van der Waals surface area contributed by atoms with Gasteiger partial charge in [-0.3, -0.25) is 9.79 Å². The molecule has 0 unspecified atom stereocenters. The zero-order valence-corrected chi connectivity index (χ0v) is 12.6. The number of carbonyl (C=O) groups excluding carboxylic acids is 1. The van der Waals surface area contributed by atoms with Crippen molar-refractivity contribution in [3.8, 4) is 0 Å². The van der Waals surface area contributed by atoms with Crippen LogP contribution in [0, 0.1) is 0 Å². The Morgan fingerprint density at radius 3 is 2.17 bits per heavy atom. The number of guanidine groups is 1. The molecule has 0 bridgehead atoms. The largest absolute Gasteiger partial charge is 0.459 e. The molecular weight excluding hydrogens is 279 g/mol. The molecule has 1 atom stereocenters. The normalized spacial score (nSPS) is 11.6. The third kappa shape index (κ3) is 13.3. The van der Waals surface area contributed by atoms with Crippen molar-refractivity contribution < 1.29 is 9.53 Å². The SMILES string of the molecule is CC(C)(C)OC(=O)[C@H](N)CCCN=C(N)N.Cl.Cl. The number of nitrogens with zero attached hydrogens (tertiary/aromatic N) is 1. The summed E-state index contributed by atoms with van der Waals surface area (Å²) in [4.78, 5) is 15.2. The molecule has 0 fully saturated rings. The maximum Gasteiger partial charge on any atom is 0.323 e. The zero-order valence-electron chi connectivity index (χ0n) is 11.0. The number of carbonyl (C=O) groups is 1. The Morgan fingerprint density at radius 2 is 1.78 bits per heavy atom. The van der Waals surface area contributed by atoms with E-state index in [0.717, 1.165) is 0 Å². The quantitative estimate of drug-likeness (QED) is 0.297. The molecule has 0 heterocycles. The molecule has 0 aromatic carbocycles. The van der Waals surface area contributed by atoms with E-state index >= 15 is 0 Å². The van der Waals surface area contributed by atoms with Crippen LogP contribution in [0.25, 0.3) is 0 Å². The molecule has 0 spiro atoms. The number of nitrogens with two attached hydrogens (primary N) is 3. The summed E-state index contributed by atoms with van der Waals surface area (Å²) in [5.74, 6) is -0.344. The van der Waals surface area contributed by atoms with E-state index in [1.54, 1.807) is 20.8 Å². The van der Waals surface area contributed by atoms with Crippen molar-refractivity contribution in [3.63, 3.8) is 0 Å². The molecule has 0 aromatic rings. The molecule has 0 aromatic heterocycles. The van der Waals surface area contributed by atoms with Gasteiger partial charge in [0.15, 0.2) is 5.96 Å². The van der Waals surface area contributed by atoms with Gasteiger partial charge in [0.2, 0.25) is 0 Å². The first-order valence-electron chi connectivity index (χ1n) is 5.26. The summed E-state index contributed by atoms with van der Waals surface area (Å²) in [5.41, 5.74) is 15.5. The molecule has 0 aliphatic heterocycles. The fourth-order valence-electron chi connectivity index (χ4n) is 1.01. The second-order valence-corrected chi connectivity index (χ2v) is 4.59. The summed E-state index contributed by atoms with van der Waals surface area (Å²) < 4.78 is 5.13. The van der Waals surface area contributed by atoms with Crippen LogP contribution in [-0.2, 0) is 9.53 Å². The third-order valence-corrected chi connectivity index (χ3v) is 1.68. The van der Waals surface area contributed by atoms with Gasteiger partial charge in [-0.1, -0.05) is 0 Å². The van der Waals surface area contributed by atoms with Crippen LogP contribution >= 0.6 is 24.8 Å². The highest BCUT2D eigenvalue weighted by Gasteiger charge is 2.21. The lowest BCUT2D eigenvalue weighted by atomic mass is 10.1. The van der Waals surface area contributed by atoms with Crippen LogP contribution in [0.4, 0.5) is 0 Å². The van der Waals surface area contributed by atoms with E-state index < -0.39 is 17.6 Å². The van der Waals surface area contributed by atoms with Gasteiger partial charge in [0.1, 0.15) is 11.6 Å². The van der Waals surface area contributed by atoms with Crippen molar-refractivity contribution in [2.24, 2.45) is 22.2 Å². The topological polar surface area (TPSA) is 117 Å². The third-order valence-electron chi connectivity index (χ3n) is 1.68. The lowest BCUT2D eigenvalue weighted by Gasteiger charge is -2.22. The van der Waals surface area contributed by atoms with Crippen LogP contribution in [0.15, 0.2) is 4.99 Å². The van der Waals surface area contributed by atoms with Gasteiger partial charge in [-0.2, -0.15) is 0 Å². The monoisotopic (exact) mass is 302 g/mol. The molecule has 18 heavy (non-hydrogen) atoms. The van der Waals surface area contributed by atoms with E-state index in [4.69, 9.17) is 21.9 Å². The Morgan fingerprint density at radius 1 is 1.28 bits per heavy atom. The molecular formula is C10H24Cl2N4O2. The molecule has 0 amide bonds. The van der Waals surface area contributed by atoms with Crippen LogP contribution in [0.5, 0.6) is 0 Å². The molecule has 0 rings (SSSR count). The van der Waals surface area contributed by atoms with Gasteiger partial charge in [0, 0.05) is 6.54 Å². The average Bonchev–Trinajstić information content (AvgIpc) is 2.08. The maximum absolute atomic E-state index is 11.5. The Bertz CT molecular complexity index is 263. The number of aliphatic imine (C=N–C) groups is 1. The molecule has 0 radical (unpaired) electrons. The summed E-state index contributed by atoms with van der Waals surface area (Å²) in [5, 5.41) is 0. The van der Waals surface area contributed by atoms with Crippen LogP contribution in [0.1, 0.15) is 33.6 Å². The minimum Gasteiger partial charge on any atom is -0.459 e. The lowest BCUT2D eigenvalue weighted by Crippen LogP contribution is -2.37. The highest BCUT2D eigenvalue weighted by Crippen LogP contribution is 2.09. The number of ether oxygens (including phenoxy) is 1. The number of hydrogen-bond donors (Lipinski definition) is 3. The maximum atomic E-state index is 11.5. The van der Waals surface area contributed by atoms with Crippen molar-refractivity contribution >= 4 is 36.7 Å². The van der Waals surface area contributed by atoms with E-state index in [1.807, 2.05) is 0 Å². The van der Waals surface area contributed by atoms with E-state index in [9.17, 15) is 4.79 Å². The number of esters is 1. The molecule has 6 N–H and O–H groups in total. The first kappa shape index (κ1) is 22.5. The molecule has 0 aliphatic carbocycles. The first-order chi connectivity index (χ1) is 7.22. The minimum atomic E-state index is -0.617. The highest BCUT2D eigenvalue weighted by molar-refractivity contribution is 5.85. The fourth-order valence-corrected chi connectivity index (χ4v) is 1.01. The number of rotatable bonds is 5. The van der Waals surface area contributed by atoms with Gasteiger partial charge in [-0.25, -0.2) is 0 Å². The van der Waals surface area contributed by atoms with Crippen molar-refractivity contribution in [3.05, 3.63) is 0 Å². The summed E-state index contributed by atoms with van der Waals surface area (Å²) in [7, 11) is 0. The van der Waals surface area contributed by atoms with Gasteiger partial charge in [0.05, 0.1) is 0 Å². The number of hydrogen-bond acceptors (Lipinski definition) is 4. The molecule has 110 valence electrons. The Balaban J connectivity index is -0.00000112. The predicted octanol–water partition coefficient (Wildman–Crippen LogP) is 0.553. The molecule has 8 heteroatoms. The smallest absolute Gasteiger partial charge is 0.323 e. The van der Waals surface area contributed by atoms with Crippen molar-refractivity contribution in [1.82, 2.24) is 0 Å². The Kier molecular flexibility index (Phi) is 12.8. The number of halogens is 2. The molecule has 0 aliphatic rings. The van der Waals surface area contributed by atoms with Crippen molar-refractivity contribution in [1.29, 1.82) is 0 Å². The van der Waals surface area contributed by atoms with E-state index in [0.29, 0.717) is 19.4 Å². The second-order valence-electron chi connectivity index (χ2n) is 4.59. The van der Waals surface area contributed by atoms with Crippen LogP contribution < -0.4 is 17.2 Å². The fraction of sp³-hybridized carbons (Fsp3) is 0.800. The summed E-state index contributed by atoms with van der Waals surface area (Å²) in [6.07, 6.45) is 1.16. The van der Waals surface area contributed by atoms with Crippen molar-refractivity contribution in [2.75, 3.05) is 6.54 Å². The predicted molar refractivity (Wildman–Crippen MR) is 78.2 cm³/mol. The van der Waals surface area contributed by atoms with Gasteiger partial charge < -0.3 is 21.9 Å².